The molecule has 1 atom stereocenters. The van der Waals surface area contributed by atoms with Crippen molar-refractivity contribution >= 4 is 29.1 Å². The molecule has 34 heavy (non-hydrogen) atoms. The minimum Gasteiger partial charge on any atom is -0.493 e. The first-order valence-corrected chi connectivity index (χ1v) is 11.1. The number of rotatable bonds is 6. The van der Waals surface area contributed by atoms with Gasteiger partial charge >= 0.3 is 0 Å². The second-order valence-electron chi connectivity index (χ2n) is 7.89. The van der Waals surface area contributed by atoms with Gasteiger partial charge in [0.05, 0.1) is 14.2 Å². The number of carbonyl (C=O) groups is 2. The van der Waals surface area contributed by atoms with Crippen LogP contribution in [0.15, 0.2) is 60.7 Å². The van der Waals surface area contributed by atoms with Crippen molar-refractivity contribution in [1.82, 2.24) is 4.90 Å². The number of hydrogen-bond donors (Lipinski definition) is 1. The summed E-state index contributed by atoms with van der Waals surface area (Å²) in [5.74, 6) is 1.18. The molecule has 176 valence electrons. The van der Waals surface area contributed by atoms with Gasteiger partial charge in [-0.05, 0) is 55.0 Å². The maximum Gasteiger partial charge on any atom is 0.263 e. The largest absolute Gasteiger partial charge is 0.493 e. The van der Waals surface area contributed by atoms with Crippen LogP contribution in [0.4, 0.5) is 5.69 Å². The number of fused-ring (bicyclic) bond motifs is 1. The van der Waals surface area contributed by atoms with Gasteiger partial charge in [0, 0.05) is 34.9 Å². The molecule has 0 aliphatic carbocycles. The lowest BCUT2D eigenvalue weighted by molar-refractivity contribution is -0.138. The molecule has 1 N–H and O–H groups in total. The lowest BCUT2D eigenvalue weighted by Crippen LogP contribution is -2.37. The molecular formula is C26H25ClN2O5. The van der Waals surface area contributed by atoms with E-state index in [-0.39, 0.29) is 11.8 Å². The fourth-order valence-corrected chi connectivity index (χ4v) is 4.02. The number of hydrogen-bond acceptors (Lipinski definition) is 5. The maximum atomic E-state index is 13.0. The van der Waals surface area contributed by atoms with Gasteiger partial charge < -0.3 is 24.4 Å². The van der Waals surface area contributed by atoms with Crippen LogP contribution in [0.3, 0.4) is 0 Å². The summed E-state index contributed by atoms with van der Waals surface area (Å²) in [6.07, 6.45) is -0.643. The van der Waals surface area contributed by atoms with Crippen LogP contribution >= 0.6 is 11.6 Å². The van der Waals surface area contributed by atoms with Crippen LogP contribution in [0, 0.1) is 0 Å². The Morgan fingerprint density at radius 3 is 2.59 bits per heavy atom. The molecular weight excluding hydrogens is 456 g/mol. The smallest absolute Gasteiger partial charge is 0.263 e. The summed E-state index contributed by atoms with van der Waals surface area (Å²) in [7, 11) is 3.05. The molecule has 1 heterocycles. The molecule has 7 nitrogen and oxygen atoms in total. The Morgan fingerprint density at radius 2 is 1.85 bits per heavy atom. The Labute approximate surface area is 203 Å². The van der Waals surface area contributed by atoms with Crippen molar-refractivity contribution in [3.63, 3.8) is 0 Å². The SMILES string of the molecule is COc1ccc(C(=O)Nc2ccc3c(c2)CN(Cc2ccccc2Cl)C(=O)[C@H](C)O3)cc1OC. The van der Waals surface area contributed by atoms with E-state index >= 15 is 0 Å². The molecule has 1 aliphatic heterocycles. The second kappa shape index (κ2) is 10.1. The lowest BCUT2D eigenvalue weighted by atomic mass is 10.1. The standard InChI is InChI=1S/C26H25ClN2O5/c1-16-26(31)29(14-18-6-4-5-7-21(18)27)15-19-12-20(9-11-22(19)34-16)28-25(30)17-8-10-23(32-2)24(13-17)33-3/h4-13,16H,14-15H2,1-3H3,(H,28,30)/t16-/m0/s1. The summed E-state index contributed by atoms with van der Waals surface area (Å²) in [5, 5.41) is 3.50. The highest BCUT2D eigenvalue weighted by Gasteiger charge is 2.28. The van der Waals surface area contributed by atoms with Crippen LogP contribution in [0.1, 0.15) is 28.4 Å². The topological polar surface area (TPSA) is 77.1 Å². The molecule has 0 saturated carbocycles. The normalized spacial score (nSPS) is 15.1. The van der Waals surface area contributed by atoms with E-state index in [2.05, 4.69) is 5.32 Å². The molecule has 2 amide bonds. The number of anilines is 1. The highest BCUT2D eigenvalue weighted by molar-refractivity contribution is 6.31. The molecule has 0 bridgehead atoms. The Bertz CT molecular complexity index is 1230. The van der Waals surface area contributed by atoms with Gasteiger partial charge in [-0.15, -0.1) is 0 Å². The summed E-state index contributed by atoms with van der Waals surface area (Å²) >= 11 is 6.32. The number of nitrogens with one attached hydrogen (secondary N) is 1. The second-order valence-corrected chi connectivity index (χ2v) is 8.30. The van der Waals surface area contributed by atoms with Gasteiger partial charge in [-0.25, -0.2) is 0 Å². The third-order valence-corrected chi connectivity index (χ3v) is 5.98. The Hall–Kier alpha value is -3.71. The fraction of sp³-hybridized carbons (Fsp3) is 0.231. The van der Waals surface area contributed by atoms with Gasteiger partial charge in [0.25, 0.3) is 11.8 Å². The molecule has 0 spiro atoms. The Balaban J connectivity index is 1.57. The molecule has 0 saturated heterocycles. The van der Waals surface area contributed by atoms with E-state index in [0.717, 1.165) is 11.1 Å². The van der Waals surface area contributed by atoms with E-state index in [1.165, 1.54) is 14.2 Å². The summed E-state index contributed by atoms with van der Waals surface area (Å²) in [5.41, 5.74) is 2.65. The van der Waals surface area contributed by atoms with Crippen LogP contribution < -0.4 is 19.5 Å². The first-order chi connectivity index (χ1) is 16.4. The van der Waals surface area contributed by atoms with Gasteiger partial charge in [0.1, 0.15) is 5.75 Å². The van der Waals surface area contributed by atoms with Crippen LogP contribution in [0.5, 0.6) is 17.2 Å². The number of halogens is 1. The zero-order valence-corrected chi connectivity index (χ0v) is 19.9. The van der Waals surface area contributed by atoms with Crippen LogP contribution in [-0.4, -0.2) is 37.0 Å². The van der Waals surface area contributed by atoms with E-state index in [1.54, 1.807) is 48.2 Å². The number of amides is 2. The summed E-state index contributed by atoms with van der Waals surface area (Å²) in [6.45, 7) is 2.40. The third-order valence-electron chi connectivity index (χ3n) is 5.61. The summed E-state index contributed by atoms with van der Waals surface area (Å²) < 4.78 is 16.4. The molecule has 0 aromatic heterocycles. The zero-order chi connectivity index (χ0) is 24.2. The predicted octanol–water partition coefficient (Wildman–Crippen LogP) is 4.92. The highest BCUT2D eigenvalue weighted by Crippen LogP contribution is 2.31. The summed E-state index contributed by atoms with van der Waals surface area (Å²) in [6, 6.07) is 17.7. The molecule has 0 fully saturated rings. The molecule has 0 unspecified atom stereocenters. The minimum atomic E-state index is -0.643. The van der Waals surface area contributed by atoms with Crippen molar-refractivity contribution in [3.8, 4) is 17.2 Å². The number of benzene rings is 3. The Morgan fingerprint density at radius 1 is 1.09 bits per heavy atom. The quantitative estimate of drug-likeness (QED) is 0.542. The van der Waals surface area contributed by atoms with Crippen LogP contribution in [-0.2, 0) is 17.9 Å². The molecule has 3 aromatic rings. The average molecular weight is 481 g/mol. The van der Waals surface area contributed by atoms with Crippen molar-refractivity contribution in [2.24, 2.45) is 0 Å². The number of nitrogens with zero attached hydrogens (tertiary/aromatic N) is 1. The molecule has 4 rings (SSSR count). The van der Waals surface area contributed by atoms with Gasteiger partial charge in [-0.3, -0.25) is 9.59 Å². The maximum absolute atomic E-state index is 13.0. The zero-order valence-electron chi connectivity index (χ0n) is 19.1. The van der Waals surface area contributed by atoms with Crippen molar-refractivity contribution in [2.75, 3.05) is 19.5 Å². The van der Waals surface area contributed by atoms with Crippen LogP contribution in [0.25, 0.3) is 0 Å². The van der Waals surface area contributed by atoms with E-state index < -0.39 is 6.10 Å². The first kappa shape index (κ1) is 23.4. The molecule has 8 heteroatoms. The fourth-order valence-electron chi connectivity index (χ4n) is 3.82. The van der Waals surface area contributed by atoms with Gasteiger partial charge in [0.15, 0.2) is 17.6 Å². The Kier molecular flexibility index (Phi) is 6.93. The number of carbonyl (C=O) groups excluding carboxylic acids is 2. The van der Waals surface area contributed by atoms with Gasteiger partial charge in [-0.2, -0.15) is 0 Å². The highest BCUT2D eigenvalue weighted by atomic mass is 35.5. The predicted molar refractivity (Wildman–Crippen MR) is 130 cm³/mol. The van der Waals surface area contributed by atoms with Crippen molar-refractivity contribution < 1.29 is 23.8 Å². The van der Waals surface area contributed by atoms with Gasteiger partial charge in [-0.1, -0.05) is 29.8 Å². The molecule has 0 radical (unpaired) electrons. The van der Waals surface area contributed by atoms with Crippen molar-refractivity contribution in [3.05, 3.63) is 82.4 Å². The van der Waals surface area contributed by atoms with Gasteiger partial charge in [0.2, 0.25) is 0 Å². The van der Waals surface area contributed by atoms with E-state index in [4.69, 9.17) is 25.8 Å². The van der Waals surface area contributed by atoms with Crippen LogP contribution in [0.2, 0.25) is 5.02 Å². The third kappa shape index (κ3) is 4.94. The molecule has 1 aliphatic rings. The summed E-state index contributed by atoms with van der Waals surface area (Å²) in [4.78, 5) is 27.5. The minimum absolute atomic E-state index is 0.132. The van der Waals surface area contributed by atoms with E-state index in [9.17, 15) is 9.59 Å². The monoisotopic (exact) mass is 480 g/mol. The number of ether oxygens (including phenoxy) is 3. The average Bonchev–Trinajstić information content (AvgIpc) is 2.96. The number of methoxy groups -OCH3 is 2. The first-order valence-electron chi connectivity index (χ1n) is 10.7. The molecule has 3 aromatic carbocycles. The van der Waals surface area contributed by atoms with E-state index in [1.807, 2.05) is 24.3 Å². The lowest BCUT2D eigenvalue weighted by Gasteiger charge is -2.22. The van der Waals surface area contributed by atoms with Crippen molar-refractivity contribution in [1.29, 1.82) is 0 Å². The van der Waals surface area contributed by atoms with Crippen molar-refractivity contribution in [2.45, 2.75) is 26.1 Å². The van der Waals surface area contributed by atoms with E-state index in [0.29, 0.717) is 46.6 Å².